The number of benzene rings is 3. The third kappa shape index (κ3) is 9.84. The molecule has 0 radical (unpaired) electrons. The van der Waals surface area contributed by atoms with Crippen LogP contribution >= 0.6 is 0 Å². The number of anilines is 1. The lowest BCUT2D eigenvalue weighted by molar-refractivity contribution is -0.137. The van der Waals surface area contributed by atoms with E-state index in [1.54, 1.807) is 30.3 Å². The summed E-state index contributed by atoms with van der Waals surface area (Å²) in [6.45, 7) is 0.551. The van der Waals surface area contributed by atoms with E-state index in [2.05, 4.69) is 30.2 Å². The molecule has 296 valence electrons. The van der Waals surface area contributed by atoms with Crippen molar-refractivity contribution in [3.8, 4) is 11.1 Å². The van der Waals surface area contributed by atoms with Gasteiger partial charge in [0.2, 0.25) is 21.8 Å². The highest BCUT2D eigenvalue weighted by molar-refractivity contribution is 7.89. The summed E-state index contributed by atoms with van der Waals surface area (Å²) in [6, 6.07) is 12.9. The lowest BCUT2D eigenvalue weighted by Gasteiger charge is -2.32. The molecule has 2 aliphatic rings. The third-order valence-electron chi connectivity index (χ3n) is 11.0. The van der Waals surface area contributed by atoms with Gasteiger partial charge in [0.05, 0.1) is 21.5 Å². The van der Waals surface area contributed by atoms with Crippen molar-refractivity contribution in [2.75, 3.05) is 26.0 Å². The van der Waals surface area contributed by atoms with Crippen molar-refractivity contribution in [3.63, 3.8) is 0 Å². The Hall–Kier alpha value is -4.51. The molecule has 55 heavy (non-hydrogen) atoms. The van der Waals surface area contributed by atoms with Crippen LogP contribution in [0.5, 0.6) is 0 Å². The number of halogens is 3. The highest BCUT2D eigenvalue weighted by Crippen LogP contribution is 2.39. The van der Waals surface area contributed by atoms with Gasteiger partial charge >= 0.3 is 11.9 Å². The van der Waals surface area contributed by atoms with E-state index in [4.69, 9.17) is 5.73 Å². The fourth-order valence-electron chi connectivity index (χ4n) is 7.73. The monoisotopic (exact) mass is 783 g/mol. The second-order valence-electron chi connectivity index (χ2n) is 15.0. The number of amides is 2. The van der Waals surface area contributed by atoms with E-state index in [9.17, 15) is 36.0 Å². The van der Waals surface area contributed by atoms with Crippen LogP contribution in [0.15, 0.2) is 70.4 Å². The Morgan fingerprint density at radius 1 is 0.891 bits per heavy atom. The molecule has 1 atom stereocenters. The normalized spacial score (nSPS) is 21.4. The molecule has 2 saturated carbocycles. The van der Waals surface area contributed by atoms with Crippen LogP contribution in [0.2, 0.25) is 0 Å². The molecule has 7 N–H and O–H groups in total. The summed E-state index contributed by atoms with van der Waals surface area (Å²) in [5.41, 5.74) is 6.35. The summed E-state index contributed by atoms with van der Waals surface area (Å²) in [7, 11) is -0.289. The van der Waals surface area contributed by atoms with Crippen LogP contribution in [0.25, 0.3) is 22.2 Å². The molecule has 1 aromatic heterocycles. The number of fused-ring (bicyclic) bond motifs is 1. The summed E-state index contributed by atoms with van der Waals surface area (Å²) < 4.78 is 72.5. The van der Waals surface area contributed by atoms with Gasteiger partial charge in [0.25, 0.3) is 0 Å². The molecule has 3 aromatic carbocycles. The number of carbonyl (C=O) groups is 2. The van der Waals surface area contributed by atoms with Crippen LogP contribution in [-0.4, -0.2) is 73.9 Å². The van der Waals surface area contributed by atoms with E-state index in [1.807, 2.05) is 14.1 Å². The molecular weight excluding hydrogens is 736 g/mol. The number of H-pyrrole nitrogens is 2. The van der Waals surface area contributed by atoms with Gasteiger partial charge in [-0.25, -0.2) is 17.9 Å². The Bertz CT molecular complexity index is 2150. The maximum atomic E-state index is 14.5. The van der Waals surface area contributed by atoms with Gasteiger partial charge in [0.15, 0.2) is 0 Å². The molecule has 0 aliphatic heterocycles. The van der Waals surface area contributed by atoms with Gasteiger partial charge in [-0.2, -0.15) is 13.2 Å². The molecule has 2 aliphatic carbocycles. The van der Waals surface area contributed by atoms with Crippen molar-refractivity contribution < 1.29 is 31.2 Å². The van der Waals surface area contributed by atoms with Crippen LogP contribution in [0.1, 0.15) is 62.5 Å². The molecular formula is C39H48F3N7O5S. The Balaban J connectivity index is 1.20. The fourth-order valence-corrected chi connectivity index (χ4v) is 9.06. The second kappa shape index (κ2) is 16.7. The largest absolute Gasteiger partial charge is 0.417 e. The number of hydrogen-bond donors (Lipinski definition) is 6. The van der Waals surface area contributed by atoms with E-state index in [0.29, 0.717) is 72.5 Å². The maximum Gasteiger partial charge on any atom is 0.417 e. The van der Waals surface area contributed by atoms with Gasteiger partial charge < -0.3 is 31.2 Å². The number of sulfonamides is 1. The van der Waals surface area contributed by atoms with Crippen LogP contribution in [0, 0.1) is 11.8 Å². The lowest BCUT2D eigenvalue weighted by atomic mass is 9.81. The summed E-state index contributed by atoms with van der Waals surface area (Å²) in [5.74, 6) is -0.716. The van der Waals surface area contributed by atoms with E-state index >= 15 is 0 Å². The fraction of sp³-hybridized carbons (Fsp3) is 0.462. The summed E-state index contributed by atoms with van der Waals surface area (Å²) >= 11 is 0. The highest BCUT2D eigenvalue weighted by Gasteiger charge is 2.36. The van der Waals surface area contributed by atoms with Crippen LogP contribution in [0.4, 0.5) is 18.9 Å². The molecule has 12 nitrogen and oxygen atoms in total. The molecule has 0 bridgehead atoms. The van der Waals surface area contributed by atoms with Crippen molar-refractivity contribution in [1.29, 1.82) is 0 Å². The maximum absolute atomic E-state index is 14.5. The predicted octanol–water partition coefficient (Wildman–Crippen LogP) is 5.12. The smallest absolute Gasteiger partial charge is 0.344 e. The number of aromatic amines is 2. The first-order valence-corrected chi connectivity index (χ1v) is 20.1. The van der Waals surface area contributed by atoms with Crippen molar-refractivity contribution >= 4 is 38.6 Å². The third-order valence-corrected chi connectivity index (χ3v) is 12.5. The standard InChI is InChI=1S/C39H48F3N7O5S/c1-49(2)29-14-11-27(12-15-29)48-55(53,54)30-16-17-31(32(21-30)39(40,41)42)25-7-3-23(4-8-25)19-35(45-36(50)26-9-5-24(22-43)6-10-26)37(51)44-28-13-18-33-34(20-28)47-38(52)46-33/h3-4,7-8,13,16-18,20-21,24,26-27,29,35,48H,5-6,9-12,14-15,19,22,43H2,1-2H3,(H,44,51)(H,45,50)(H2,46,47,52)/t24?,26?,27?,29?,35-/m0/s1. The summed E-state index contributed by atoms with van der Waals surface area (Å²) in [5, 5.41) is 5.71. The first-order chi connectivity index (χ1) is 26.1. The number of nitrogens with two attached hydrogens (primary N) is 1. The SMILES string of the molecule is CN(C)C1CCC(NS(=O)(=O)c2ccc(-c3ccc(C[C@H](NC(=O)C4CCC(CN)CC4)C(=O)Nc4ccc5[nH]c(=O)[nH]c5c4)cc3)c(C(F)(F)F)c2)CC1. The number of imidazole rings is 1. The van der Waals surface area contributed by atoms with Gasteiger partial charge in [0, 0.05) is 30.1 Å². The zero-order chi connectivity index (χ0) is 39.5. The van der Waals surface area contributed by atoms with Crippen molar-refractivity contribution in [2.45, 2.75) is 87.0 Å². The van der Waals surface area contributed by atoms with E-state index in [1.165, 1.54) is 24.3 Å². The molecule has 2 amide bonds. The first kappa shape index (κ1) is 40.2. The zero-order valence-electron chi connectivity index (χ0n) is 30.8. The number of rotatable bonds is 12. The minimum absolute atomic E-state index is 0.0324. The number of nitrogens with one attached hydrogen (secondary N) is 5. The van der Waals surface area contributed by atoms with Gasteiger partial charge in [0.1, 0.15) is 6.04 Å². The average molecular weight is 784 g/mol. The average Bonchev–Trinajstić information content (AvgIpc) is 3.53. The van der Waals surface area contributed by atoms with Gasteiger partial charge in [-0.05, 0) is 125 Å². The highest BCUT2D eigenvalue weighted by atomic mass is 32.2. The van der Waals surface area contributed by atoms with E-state index in [0.717, 1.165) is 25.7 Å². The Kier molecular flexibility index (Phi) is 12.2. The molecule has 6 rings (SSSR count). The number of alkyl halides is 3. The summed E-state index contributed by atoms with van der Waals surface area (Å²) in [4.78, 5) is 45.8. The Labute approximate surface area is 317 Å². The molecule has 16 heteroatoms. The van der Waals surface area contributed by atoms with Gasteiger partial charge in [-0.3, -0.25) is 9.59 Å². The molecule has 0 unspecified atom stereocenters. The Morgan fingerprint density at radius 3 is 2.20 bits per heavy atom. The van der Waals surface area contributed by atoms with E-state index < -0.39 is 44.3 Å². The lowest BCUT2D eigenvalue weighted by Crippen LogP contribution is -2.48. The molecule has 4 aromatic rings. The van der Waals surface area contributed by atoms with Crippen molar-refractivity contribution in [2.24, 2.45) is 17.6 Å². The molecule has 0 spiro atoms. The van der Waals surface area contributed by atoms with Crippen molar-refractivity contribution in [3.05, 3.63) is 82.3 Å². The van der Waals surface area contributed by atoms with Crippen LogP contribution < -0.4 is 26.8 Å². The minimum atomic E-state index is -4.85. The van der Waals surface area contributed by atoms with E-state index in [-0.39, 0.29) is 35.4 Å². The van der Waals surface area contributed by atoms with Crippen LogP contribution in [-0.2, 0) is 32.2 Å². The van der Waals surface area contributed by atoms with Crippen molar-refractivity contribution in [1.82, 2.24) is 24.9 Å². The second-order valence-corrected chi connectivity index (χ2v) is 16.8. The number of aromatic nitrogens is 2. The topological polar surface area (TPSA) is 182 Å². The number of carbonyl (C=O) groups excluding carboxylic acids is 2. The number of hydrogen-bond acceptors (Lipinski definition) is 7. The summed E-state index contributed by atoms with van der Waals surface area (Å²) in [6.07, 6.45) is 0.827. The zero-order valence-corrected chi connectivity index (χ0v) is 31.7. The van der Waals surface area contributed by atoms with Crippen LogP contribution in [0.3, 0.4) is 0 Å². The quantitative estimate of drug-likeness (QED) is 0.115. The number of nitrogens with zero attached hydrogens (tertiary/aromatic N) is 1. The first-order valence-electron chi connectivity index (χ1n) is 18.6. The molecule has 2 fully saturated rings. The van der Waals surface area contributed by atoms with Gasteiger partial charge in [-0.15, -0.1) is 0 Å². The predicted molar refractivity (Wildman–Crippen MR) is 205 cm³/mol. The van der Waals surface area contributed by atoms with Gasteiger partial charge in [-0.1, -0.05) is 30.3 Å². The Morgan fingerprint density at radius 2 is 1.56 bits per heavy atom. The molecule has 0 saturated heterocycles. The minimum Gasteiger partial charge on any atom is -0.344 e. The molecule has 1 heterocycles.